The third-order valence-corrected chi connectivity index (χ3v) is 6.39. The molecule has 196 valence electrons. The second kappa shape index (κ2) is 11.6. The summed E-state index contributed by atoms with van der Waals surface area (Å²) in [4.78, 5) is 46.3. The smallest absolute Gasteiger partial charge is 0.294 e. The molecule has 0 saturated carbocycles. The molecule has 1 N–H and O–H groups in total. The maximum absolute atomic E-state index is 14.0. The molecule has 1 saturated heterocycles. The van der Waals surface area contributed by atoms with Crippen molar-refractivity contribution in [1.82, 2.24) is 14.9 Å². The molecule has 0 atom stereocenters. The van der Waals surface area contributed by atoms with Gasteiger partial charge >= 0.3 is 0 Å². The van der Waals surface area contributed by atoms with Gasteiger partial charge in [-0.25, -0.2) is 4.98 Å². The number of nitrogens with one attached hydrogen (secondary N) is 1. The molecule has 38 heavy (non-hydrogen) atoms. The Bertz CT molecular complexity index is 1470. The van der Waals surface area contributed by atoms with E-state index in [1.165, 1.54) is 12.1 Å². The number of hydrogen-bond acceptors (Lipinski definition) is 8. The molecule has 0 spiro atoms. The SMILES string of the molecule is CCOc1cc(/C=C2/SC(=O)N(CC(=O)Nc3cc(C)ccc3C)C2=O)ccc1Oc1nc(Cl)ncc1F. The van der Waals surface area contributed by atoms with E-state index >= 15 is 0 Å². The first kappa shape index (κ1) is 27.1. The van der Waals surface area contributed by atoms with Crippen LogP contribution in [0.25, 0.3) is 6.08 Å². The number of imide groups is 1. The highest BCUT2D eigenvalue weighted by Crippen LogP contribution is 2.36. The van der Waals surface area contributed by atoms with Gasteiger partial charge in [-0.1, -0.05) is 18.2 Å². The molecule has 2 heterocycles. The summed E-state index contributed by atoms with van der Waals surface area (Å²) in [5, 5.41) is 2.01. The number of benzene rings is 2. The maximum Gasteiger partial charge on any atom is 0.294 e. The Hall–Kier alpha value is -3.96. The number of nitrogens with zero attached hydrogens (tertiary/aromatic N) is 3. The molecule has 1 fully saturated rings. The van der Waals surface area contributed by atoms with Gasteiger partial charge in [-0.05, 0) is 85.1 Å². The van der Waals surface area contributed by atoms with Gasteiger partial charge in [0.15, 0.2) is 11.5 Å². The molecule has 3 aromatic rings. The van der Waals surface area contributed by atoms with Gasteiger partial charge in [0.2, 0.25) is 17.0 Å². The molecular formula is C26H22ClFN4O5S. The van der Waals surface area contributed by atoms with E-state index in [1.54, 1.807) is 19.1 Å². The fourth-order valence-electron chi connectivity index (χ4n) is 3.47. The fourth-order valence-corrected chi connectivity index (χ4v) is 4.43. The van der Waals surface area contributed by atoms with Crippen LogP contribution < -0.4 is 14.8 Å². The summed E-state index contributed by atoms with van der Waals surface area (Å²) in [7, 11) is 0. The van der Waals surface area contributed by atoms with Crippen molar-refractivity contribution in [3.8, 4) is 17.4 Å². The van der Waals surface area contributed by atoms with Gasteiger partial charge in [0, 0.05) is 5.69 Å². The van der Waals surface area contributed by atoms with E-state index in [4.69, 9.17) is 21.1 Å². The van der Waals surface area contributed by atoms with Gasteiger partial charge < -0.3 is 14.8 Å². The van der Waals surface area contributed by atoms with Crippen molar-refractivity contribution in [3.05, 3.63) is 75.3 Å². The fraction of sp³-hybridized carbons (Fsp3) is 0.192. The molecule has 0 unspecified atom stereocenters. The van der Waals surface area contributed by atoms with Crippen LogP contribution in [0.3, 0.4) is 0 Å². The van der Waals surface area contributed by atoms with E-state index in [0.717, 1.165) is 34.0 Å². The minimum atomic E-state index is -0.809. The number of rotatable bonds is 8. The standard InChI is InChI=1S/C26H22ClFN4O5S/c1-4-36-20-10-16(7-8-19(20)37-23-17(28)12-29-25(27)31-23)11-21-24(34)32(26(35)38-21)13-22(33)30-18-9-14(2)5-6-15(18)3/h5-12H,4,13H2,1-3H3,(H,30,33)/b21-11+. The van der Waals surface area contributed by atoms with Crippen molar-refractivity contribution < 1.29 is 28.2 Å². The van der Waals surface area contributed by atoms with E-state index in [2.05, 4.69) is 15.3 Å². The number of aryl methyl sites for hydroxylation is 2. The van der Waals surface area contributed by atoms with Crippen LogP contribution in [0, 0.1) is 19.7 Å². The van der Waals surface area contributed by atoms with Crippen LogP contribution in [0.5, 0.6) is 17.4 Å². The summed E-state index contributed by atoms with van der Waals surface area (Å²) in [6.45, 7) is 5.37. The van der Waals surface area contributed by atoms with Crippen molar-refractivity contribution in [2.45, 2.75) is 20.8 Å². The van der Waals surface area contributed by atoms with Crippen LogP contribution in [0.15, 0.2) is 47.5 Å². The summed E-state index contributed by atoms with van der Waals surface area (Å²) in [6, 6.07) is 10.3. The molecule has 1 aliphatic heterocycles. The lowest BCUT2D eigenvalue weighted by molar-refractivity contribution is -0.127. The number of anilines is 1. The molecule has 4 rings (SSSR count). The topological polar surface area (TPSA) is 111 Å². The number of aromatic nitrogens is 2. The minimum absolute atomic E-state index is 0.138. The van der Waals surface area contributed by atoms with E-state index in [-0.39, 0.29) is 34.2 Å². The Morgan fingerprint density at radius 2 is 1.97 bits per heavy atom. The Kier molecular flexibility index (Phi) is 8.28. The zero-order chi connectivity index (χ0) is 27.4. The lowest BCUT2D eigenvalue weighted by atomic mass is 10.1. The zero-order valence-electron chi connectivity index (χ0n) is 20.6. The highest BCUT2D eigenvalue weighted by atomic mass is 35.5. The first-order chi connectivity index (χ1) is 18.1. The zero-order valence-corrected chi connectivity index (χ0v) is 22.2. The predicted octanol–water partition coefficient (Wildman–Crippen LogP) is 5.75. The molecular weight excluding hydrogens is 535 g/mol. The summed E-state index contributed by atoms with van der Waals surface area (Å²) in [5.41, 5.74) is 2.97. The average molecular weight is 557 g/mol. The van der Waals surface area contributed by atoms with Gasteiger partial charge in [-0.3, -0.25) is 19.3 Å². The lowest BCUT2D eigenvalue weighted by Crippen LogP contribution is -2.36. The monoisotopic (exact) mass is 556 g/mol. The van der Waals surface area contributed by atoms with Crippen LogP contribution in [0.2, 0.25) is 5.28 Å². The van der Waals surface area contributed by atoms with Crippen molar-refractivity contribution in [2.24, 2.45) is 0 Å². The van der Waals surface area contributed by atoms with Crippen molar-refractivity contribution >= 4 is 52.2 Å². The number of amides is 3. The Labute approximate surface area is 227 Å². The molecule has 9 nitrogen and oxygen atoms in total. The summed E-state index contributed by atoms with van der Waals surface area (Å²) in [5.74, 6) is -1.85. The Morgan fingerprint density at radius 1 is 1.18 bits per heavy atom. The Balaban J connectivity index is 1.50. The summed E-state index contributed by atoms with van der Waals surface area (Å²) in [6.07, 6.45) is 2.39. The van der Waals surface area contributed by atoms with Crippen LogP contribution >= 0.6 is 23.4 Å². The summed E-state index contributed by atoms with van der Waals surface area (Å²) < 4.78 is 25.2. The second-order valence-electron chi connectivity index (χ2n) is 8.17. The van der Waals surface area contributed by atoms with Gasteiger partial charge in [0.25, 0.3) is 17.0 Å². The minimum Gasteiger partial charge on any atom is -0.490 e. The number of carbonyl (C=O) groups is 3. The highest BCUT2D eigenvalue weighted by molar-refractivity contribution is 8.18. The summed E-state index contributed by atoms with van der Waals surface area (Å²) >= 11 is 6.45. The van der Waals surface area contributed by atoms with Gasteiger partial charge in [-0.15, -0.1) is 0 Å². The largest absolute Gasteiger partial charge is 0.490 e. The normalized spacial score (nSPS) is 14.2. The first-order valence-corrected chi connectivity index (χ1v) is 12.6. The first-order valence-electron chi connectivity index (χ1n) is 11.4. The van der Waals surface area contributed by atoms with Crippen LogP contribution in [-0.2, 0) is 9.59 Å². The molecule has 1 aromatic heterocycles. The van der Waals surface area contributed by atoms with Gasteiger partial charge in [-0.2, -0.15) is 9.37 Å². The number of ether oxygens (including phenoxy) is 2. The van der Waals surface area contributed by atoms with Crippen LogP contribution in [0.4, 0.5) is 14.9 Å². The number of hydrogen-bond donors (Lipinski definition) is 1. The number of halogens is 2. The molecule has 2 aromatic carbocycles. The molecule has 1 aliphatic rings. The van der Waals surface area contributed by atoms with E-state index in [0.29, 0.717) is 11.3 Å². The van der Waals surface area contributed by atoms with Gasteiger partial charge in [0.05, 0.1) is 17.7 Å². The maximum atomic E-state index is 14.0. The van der Waals surface area contributed by atoms with Crippen LogP contribution in [0.1, 0.15) is 23.6 Å². The lowest BCUT2D eigenvalue weighted by Gasteiger charge is -2.14. The average Bonchev–Trinajstić information content (AvgIpc) is 3.12. The molecule has 0 radical (unpaired) electrons. The van der Waals surface area contributed by atoms with E-state index in [1.807, 2.05) is 32.0 Å². The van der Waals surface area contributed by atoms with Gasteiger partial charge in [0.1, 0.15) is 6.54 Å². The second-order valence-corrected chi connectivity index (χ2v) is 9.50. The van der Waals surface area contributed by atoms with Crippen LogP contribution in [-0.4, -0.2) is 45.1 Å². The number of carbonyl (C=O) groups excluding carboxylic acids is 3. The predicted molar refractivity (Wildman–Crippen MR) is 142 cm³/mol. The molecule has 0 aliphatic carbocycles. The van der Waals surface area contributed by atoms with E-state index < -0.39 is 29.4 Å². The highest BCUT2D eigenvalue weighted by Gasteiger charge is 2.36. The molecule has 0 bridgehead atoms. The molecule has 12 heteroatoms. The third kappa shape index (κ3) is 6.29. The quantitative estimate of drug-likeness (QED) is 0.276. The van der Waals surface area contributed by atoms with E-state index in [9.17, 15) is 18.8 Å². The number of thioether (sulfide) groups is 1. The third-order valence-electron chi connectivity index (χ3n) is 5.30. The molecule has 3 amide bonds. The van der Waals surface area contributed by atoms with Crippen molar-refractivity contribution in [2.75, 3.05) is 18.5 Å². The van der Waals surface area contributed by atoms with Crippen molar-refractivity contribution in [1.29, 1.82) is 0 Å². The van der Waals surface area contributed by atoms with Crippen molar-refractivity contribution in [3.63, 3.8) is 0 Å². The Morgan fingerprint density at radius 3 is 2.74 bits per heavy atom.